The molecule has 0 aromatic carbocycles. The first kappa shape index (κ1) is 13.9. The first-order valence-corrected chi connectivity index (χ1v) is 5.17. The molecule has 0 rings (SSSR count). The van der Waals surface area contributed by atoms with E-state index in [2.05, 4.69) is 10.6 Å². The number of hydrogen-bond acceptors (Lipinski definition) is 3. The molecule has 0 saturated heterocycles. The van der Waals surface area contributed by atoms with E-state index in [1.165, 1.54) is 0 Å². The maximum Gasteiger partial charge on any atom is 0.235 e. The van der Waals surface area contributed by atoms with Crippen LogP contribution in [0.4, 0.5) is 0 Å². The van der Waals surface area contributed by atoms with Crippen molar-refractivity contribution in [2.24, 2.45) is 5.73 Å². The van der Waals surface area contributed by atoms with Gasteiger partial charge in [-0.25, -0.2) is 0 Å². The van der Waals surface area contributed by atoms with Gasteiger partial charge in [-0.1, -0.05) is 13.8 Å². The van der Waals surface area contributed by atoms with Gasteiger partial charge in [0.25, 0.3) is 0 Å². The van der Waals surface area contributed by atoms with Crippen LogP contribution in [0.1, 0.15) is 34.1 Å². The molecule has 0 aliphatic heterocycles. The van der Waals surface area contributed by atoms with E-state index in [0.29, 0.717) is 0 Å². The first-order valence-electron chi connectivity index (χ1n) is 5.17. The fourth-order valence-corrected chi connectivity index (χ4v) is 1.21. The average molecular weight is 215 g/mol. The van der Waals surface area contributed by atoms with Crippen molar-refractivity contribution in [2.45, 2.75) is 52.2 Å². The minimum atomic E-state index is -0.594. The van der Waals surface area contributed by atoms with Gasteiger partial charge in [0.05, 0.1) is 12.5 Å². The van der Waals surface area contributed by atoms with Crippen LogP contribution in [0.15, 0.2) is 0 Å². The molecular formula is C10H21N3O2. The van der Waals surface area contributed by atoms with E-state index < -0.39 is 11.9 Å². The molecule has 15 heavy (non-hydrogen) atoms. The molecule has 88 valence electrons. The fraction of sp³-hybridized carbons (Fsp3) is 0.800. The number of carbonyl (C=O) groups is 2. The summed E-state index contributed by atoms with van der Waals surface area (Å²) in [7, 11) is 0. The zero-order chi connectivity index (χ0) is 12.0. The van der Waals surface area contributed by atoms with Crippen molar-refractivity contribution in [2.75, 3.05) is 0 Å². The Balaban J connectivity index is 4.16. The van der Waals surface area contributed by atoms with Gasteiger partial charge in [-0.15, -0.1) is 0 Å². The van der Waals surface area contributed by atoms with E-state index >= 15 is 0 Å². The van der Waals surface area contributed by atoms with Crippen LogP contribution in [0.25, 0.3) is 0 Å². The van der Waals surface area contributed by atoms with Gasteiger partial charge in [-0.05, 0) is 13.8 Å². The van der Waals surface area contributed by atoms with Crippen molar-refractivity contribution in [1.29, 1.82) is 0 Å². The van der Waals surface area contributed by atoms with Gasteiger partial charge in [0.2, 0.25) is 11.8 Å². The molecule has 2 amide bonds. The third-order valence-corrected chi connectivity index (χ3v) is 1.72. The first-order chi connectivity index (χ1) is 6.82. The fourth-order valence-electron chi connectivity index (χ4n) is 1.21. The number of nitrogens with one attached hydrogen (secondary N) is 2. The maximum atomic E-state index is 11.4. The lowest BCUT2D eigenvalue weighted by molar-refractivity contribution is -0.127. The number of carbonyl (C=O) groups excluding carboxylic acids is 2. The lowest BCUT2D eigenvalue weighted by Gasteiger charge is -2.18. The highest BCUT2D eigenvalue weighted by molar-refractivity contribution is 5.87. The Bertz CT molecular complexity index is 227. The number of amides is 2. The highest BCUT2D eigenvalue weighted by Crippen LogP contribution is 1.95. The summed E-state index contributed by atoms with van der Waals surface area (Å²) in [5.41, 5.74) is 5.18. The van der Waals surface area contributed by atoms with Gasteiger partial charge in [-0.2, -0.15) is 0 Å². The van der Waals surface area contributed by atoms with Crippen LogP contribution < -0.4 is 16.4 Å². The van der Waals surface area contributed by atoms with E-state index in [-0.39, 0.29) is 24.4 Å². The summed E-state index contributed by atoms with van der Waals surface area (Å²) in [4.78, 5) is 22.4. The smallest absolute Gasteiger partial charge is 0.235 e. The number of hydrogen-bond donors (Lipinski definition) is 3. The van der Waals surface area contributed by atoms with Gasteiger partial charge < -0.3 is 16.4 Å². The van der Waals surface area contributed by atoms with Crippen LogP contribution in [0.3, 0.4) is 0 Å². The van der Waals surface area contributed by atoms with Crippen LogP contribution in [0.2, 0.25) is 0 Å². The Kier molecular flexibility index (Phi) is 5.93. The molecule has 4 N–H and O–H groups in total. The maximum absolute atomic E-state index is 11.4. The number of primary amides is 1. The molecule has 0 aliphatic rings. The molecule has 0 spiro atoms. The minimum Gasteiger partial charge on any atom is -0.368 e. The van der Waals surface area contributed by atoms with E-state index in [4.69, 9.17) is 5.73 Å². The van der Waals surface area contributed by atoms with Gasteiger partial charge in [-0.3, -0.25) is 9.59 Å². The third-order valence-electron chi connectivity index (χ3n) is 1.72. The predicted molar refractivity (Wildman–Crippen MR) is 59.1 cm³/mol. The summed E-state index contributed by atoms with van der Waals surface area (Å²) in [6.07, 6.45) is 0.0890. The van der Waals surface area contributed by atoms with Crippen LogP contribution in [0.5, 0.6) is 0 Å². The molecule has 1 unspecified atom stereocenters. The standard InChI is InChI=1S/C10H21N3O2/c1-6(2)12-8(10(11)15)5-9(14)13-7(3)4/h6-8,12H,5H2,1-4H3,(H2,11,15)(H,13,14). The quantitative estimate of drug-likeness (QED) is 0.571. The normalized spacial score (nSPS) is 12.9. The number of rotatable bonds is 6. The summed E-state index contributed by atoms with van der Waals surface area (Å²) in [5.74, 6) is -0.662. The predicted octanol–water partition coefficient (Wildman–Crippen LogP) is -0.247. The molecule has 5 nitrogen and oxygen atoms in total. The van der Waals surface area contributed by atoms with E-state index in [1.807, 2.05) is 27.7 Å². The Morgan fingerprint density at radius 3 is 2.00 bits per heavy atom. The van der Waals surface area contributed by atoms with Gasteiger partial charge in [0, 0.05) is 12.1 Å². The molecule has 0 fully saturated rings. The van der Waals surface area contributed by atoms with Crippen molar-refractivity contribution in [3.8, 4) is 0 Å². The molecule has 0 radical (unpaired) electrons. The Hall–Kier alpha value is -1.10. The highest BCUT2D eigenvalue weighted by atomic mass is 16.2. The zero-order valence-electron chi connectivity index (χ0n) is 9.83. The molecule has 0 heterocycles. The molecule has 0 bridgehead atoms. The van der Waals surface area contributed by atoms with Gasteiger partial charge >= 0.3 is 0 Å². The lowest BCUT2D eigenvalue weighted by Crippen LogP contribution is -2.47. The summed E-state index contributed by atoms with van der Waals surface area (Å²) in [6.45, 7) is 7.53. The largest absolute Gasteiger partial charge is 0.368 e. The zero-order valence-corrected chi connectivity index (χ0v) is 9.83. The SMILES string of the molecule is CC(C)NC(=O)CC(NC(C)C)C(N)=O. The van der Waals surface area contributed by atoms with Gasteiger partial charge in [0.1, 0.15) is 0 Å². The van der Waals surface area contributed by atoms with Crippen LogP contribution >= 0.6 is 0 Å². The van der Waals surface area contributed by atoms with E-state index in [0.717, 1.165) is 0 Å². The van der Waals surface area contributed by atoms with Crippen molar-refractivity contribution in [3.63, 3.8) is 0 Å². The van der Waals surface area contributed by atoms with Crippen LogP contribution in [0, 0.1) is 0 Å². The Morgan fingerprint density at radius 1 is 1.13 bits per heavy atom. The lowest BCUT2D eigenvalue weighted by atomic mass is 10.1. The molecule has 0 aromatic rings. The third kappa shape index (κ3) is 6.90. The minimum absolute atomic E-state index is 0.0741. The summed E-state index contributed by atoms with van der Waals surface area (Å²) in [5, 5.41) is 5.66. The number of nitrogens with two attached hydrogens (primary N) is 1. The van der Waals surface area contributed by atoms with Crippen LogP contribution in [-0.2, 0) is 9.59 Å². The Morgan fingerprint density at radius 2 is 1.67 bits per heavy atom. The average Bonchev–Trinajstić information content (AvgIpc) is 1.99. The second-order valence-electron chi connectivity index (χ2n) is 4.20. The molecule has 1 atom stereocenters. The second kappa shape index (κ2) is 6.40. The highest BCUT2D eigenvalue weighted by Gasteiger charge is 2.19. The Labute approximate surface area is 90.8 Å². The van der Waals surface area contributed by atoms with Crippen LogP contribution in [-0.4, -0.2) is 29.9 Å². The van der Waals surface area contributed by atoms with Gasteiger partial charge in [0.15, 0.2) is 0 Å². The van der Waals surface area contributed by atoms with E-state index in [1.54, 1.807) is 0 Å². The molecule has 0 saturated carbocycles. The summed E-state index contributed by atoms with van der Waals surface area (Å²) in [6, 6.07) is -0.400. The molecule has 0 aromatic heterocycles. The second-order valence-corrected chi connectivity index (χ2v) is 4.20. The molecule has 0 aliphatic carbocycles. The van der Waals surface area contributed by atoms with E-state index in [9.17, 15) is 9.59 Å². The topological polar surface area (TPSA) is 84.2 Å². The van der Waals surface area contributed by atoms with Crippen molar-refractivity contribution >= 4 is 11.8 Å². The monoisotopic (exact) mass is 215 g/mol. The van der Waals surface area contributed by atoms with Crippen molar-refractivity contribution in [1.82, 2.24) is 10.6 Å². The molecule has 5 heteroatoms. The molecular weight excluding hydrogens is 194 g/mol. The van der Waals surface area contributed by atoms with Crippen molar-refractivity contribution in [3.05, 3.63) is 0 Å². The summed E-state index contributed by atoms with van der Waals surface area (Å²) >= 11 is 0. The van der Waals surface area contributed by atoms with Crippen molar-refractivity contribution < 1.29 is 9.59 Å². The summed E-state index contributed by atoms with van der Waals surface area (Å²) < 4.78 is 0.